The van der Waals surface area contributed by atoms with Gasteiger partial charge in [-0.2, -0.15) is 0 Å². The average Bonchev–Trinajstić information content (AvgIpc) is 2.49. The van der Waals surface area contributed by atoms with Gasteiger partial charge in [-0.25, -0.2) is 4.39 Å². The van der Waals surface area contributed by atoms with E-state index in [9.17, 15) is 14.3 Å². The number of aldehydes is 1. The molecule has 1 fully saturated rings. The van der Waals surface area contributed by atoms with Crippen LogP contribution in [0.15, 0.2) is 24.3 Å². The zero-order valence-corrected chi connectivity index (χ0v) is 15.0. The number of allylic oxidation sites excluding steroid dienone is 1. The zero-order chi connectivity index (χ0) is 16.7. The van der Waals surface area contributed by atoms with Gasteiger partial charge in [0.05, 0.1) is 4.08 Å². The molecule has 0 radical (unpaired) electrons. The number of hydrogen-bond donors (Lipinski definition) is 1. The Balaban J connectivity index is 2.11. The van der Waals surface area contributed by atoms with E-state index in [4.69, 9.17) is 0 Å². The van der Waals surface area contributed by atoms with E-state index in [0.717, 1.165) is 35.3 Å². The van der Waals surface area contributed by atoms with E-state index < -0.39 is 5.82 Å². The lowest BCUT2D eigenvalue weighted by Crippen LogP contribution is -2.40. The SMILES string of the molecule is CC1(C)CC2(C=C(c3ccc(F)c(O)c3)C1C=O)SCCCS2. The maximum Gasteiger partial charge on any atom is 0.164 e. The molecule has 1 saturated heterocycles. The summed E-state index contributed by atoms with van der Waals surface area (Å²) < 4.78 is 13.4. The summed E-state index contributed by atoms with van der Waals surface area (Å²) in [6, 6.07) is 4.36. The van der Waals surface area contributed by atoms with Gasteiger partial charge in [0, 0.05) is 5.92 Å². The molecule has 124 valence electrons. The van der Waals surface area contributed by atoms with E-state index in [-0.39, 0.29) is 21.2 Å². The number of carbonyl (C=O) groups is 1. The third-order valence-corrected chi connectivity index (χ3v) is 7.85. The number of thioether (sulfide) groups is 2. The van der Waals surface area contributed by atoms with E-state index >= 15 is 0 Å². The fourth-order valence-corrected chi connectivity index (χ4v) is 7.19. The standard InChI is InChI=1S/C18H21FO2S2/c1-17(2)11-18(22-6-3-7-23-18)9-13(14(17)10-20)12-4-5-15(19)16(21)8-12/h4-5,8-10,14,21H,3,6-7,11H2,1-2H3. The quantitative estimate of drug-likeness (QED) is 0.781. The molecule has 0 amide bonds. The molecule has 1 heterocycles. The maximum atomic E-state index is 13.4. The Kier molecular flexibility index (Phi) is 4.53. The summed E-state index contributed by atoms with van der Waals surface area (Å²) in [5.74, 6) is 0.986. The second kappa shape index (κ2) is 6.17. The maximum absolute atomic E-state index is 13.4. The first-order chi connectivity index (χ1) is 10.9. The molecule has 1 unspecified atom stereocenters. The van der Waals surface area contributed by atoms with Crippen LogP contribution in [-0.4, -0.2) is 27.0 Å². The number of halogens is 1. The topological polar surface area (TPSA) is 37.3 Å². The summed E-state index contributed by atoms with van der Waals surface area (Å²) in [5.41, 5.74) is 1.47. The molecule has 1 N–H and O–H groups in total. The van der Waals surface area contributed by atoms with Gasteiger partial charge in [0.25, 0.3) is 0 Å². The Hall–Kier alpha value is -0.940. The Bertz CT molecular complexity index is 648. The number of carbonyl (C=O) groups excluding carboxylic acids is 1. The smallest absolute Gasteiger partial charge is 0.164 e. The minimum atomic E-state index is -0.636. The van der Waals surface area contributed by atoms with Gasteiger partial charge in [0.2, 0.25) is 0 Å². The molecule has 23 heavy (non-hydrogen) atoms. The van der Waals surface area contributed by atoms with Crippen molar-refractivity contribution in [2.24, 2.45) is 11.3 Å². The van der Waals surface area contributed by atoms with Gasteiger partial charge in [0.1, 0.15) is 6.29 Å². The van der Waals surface area contributed by atoms with Crippen LogP contribution in [0, 0.1) is 17.2 Å². The van der Waals surface area contributed by atoms with Gasteiger partial charge in [-0.15, -0.1) is 23.5 Å². The summed E-state index contributed by atoms with van der Waals surface area (Å²) in [5, 5.41) is 9.72. The second-order valence-electron chi connectivity index (χ2n) is 6.91. The fraction of sp³-hybridized carbons (Fsp3) is 0.500. The fourth-order valence-electron chi connectivity index (χ4n) is 3.53. The molecule has 1 atom stereocenters. The monoisotopic (exact) mass is 352 g/mol. The largest absolute Gasteiger partial charge is 0.505 e. The lowest BCUT2D eigenvalue weighted by Gasteiger charge is -2.47. The third kappa shape index (κ3) is 3.18. The molecule has 0 aromatic heterocycles. The number of rotatable bonds is 2. The molecule has 1 aromatic carbocycles. The van der Waals surface area contributed by atoms with Gasteiger partial charge in [-0.3, -0.25) is 0 Å². The second-order valence-corrected chi connectivity index (χ2v) is 10.0. The van der Waals surface area contributed by atoms with Crippen molar-refractivity contribution >= 4 is 35.4 Å². The number of hydrogen-bond acceptors (Lipinski definition) is 4. The molecule has 5 heteroatoms. The van der Waals surface area contributed by atoms with Gasteiger partial charge in [0.15, 0.2) is 11.6 Å². The summed E-state index contributed by atoms with van der Waals surface area (Å²) in [7, 11) is 0. The minimum Gasteiger partial charge on any atom is -0.505 e. The minimum absolute atomic E-state index is 0.0272. The summed E-state index contributed by atoms with van der Waals surface area (Å²) >= 11 is 3.88. The number of phenols is 1. The van der Waals surface area contributed by atoms with Gasteiger partial charge >= 0.3 is 0 Å². The zero-order valence-electron chi connectivity index (χ0n) is 13.3. The highest BCUT2D eigenvalue weighted by atomic mass is 32.2. The molecule has 0 saturated carbocycles. The highest BCUT2D eigenvalue weighted by Crippen LogP contribution is 2.58. The van der Waals surface area contributed by atoms with E-state index in [1.165, 1.54) is 18.6 Å². The summed E-state index contributed by atoms with van der Waals surface area (Å²) in [6.07, 6.45) is 5.33. The first-order valence-electron chi connectivity index (χ1n) is 7.82. The Morgan fingerprint density at radius 1 is 1.30 bits per heavy atom. The molecule has 2 aliphatic rings. The van der Waals surface area contributed by atoms with Crippen LogP contribution < -0.4 is 0 Å². The van der Waals surface area contributed by atoms with E-state index in [1.807, 2.05) is 23.5 Å². The number of benzene rings is 1. The van der Waals surface area contributed by atoms with Crippen molar-refractivity contribution in [1.29, 1.82) is 0 Å². The van der Waals surface area contributed by atoms with Crippen LogP contribution >= 0.6 is 23.5 Å². The normalized spacial score (nSPS) is 25.9. The van der Waals surface area contributed by atoms with Crippen molar-refractivity contribution in [3.05, 3.63) is 35.7 Å². The highest BCUT2D eigenvalue weighted by molar-refractivity contribution is 8.19. The molecule has 1 aromatic rings. The lowest BCUT2D eigenvalue weighted by atomic mass is 9.67. The van der Waals surface area contributed by atoms with Crippen molar-refractivity contribution in [1.82, 2.24) is 0 Å². The first-order valence-corrected chi connectivity index (χ1v) is 9.79. The third-order valence-electron chi connectivity index (χ3n) is 4.65. The molecular weight excluding hydrogens is 331 g/mol. The number of aromatic hydroxyl groups is 1. The van der Waals surface area contributed by atoms with Crippen LogP contribution in [-0.2, 0) is 4.79 Å². The Morgan fingerprint density at radius 2 is 2.00 bits per heavy atom. The summed E-state index contributed by atoms with van der Waals surface area (Å²) in [6.45, 7) is 4.25. The van der Waals surface area contributed by atoms with Crippen LogP contribution in [0.25, 0.3) is 5.57 Å². The lowest BCUT2D eigenvalue weighted by molar-refractivity contribution is -0.112. The molecule has 1 aliphatic carbocycles. The average molecular weight is 352 g/mol. The molecular formula is C18H21FO2S2. The van der Waals surface area contributed by atoms with Crippen LogP contribution in [0.5, 0.6) is 5.75 Å². The van der Waals surface area contributed by atoms with Gasteiger partial charge in [-0.1, -0.05) is 26.0 Å². The van der Waals surface area contributed by atoms with E-state index in [0.29, 0.717) is 0 Å². The molecule has 0 bridgehead atoms. The molecule has 1 aliphatic heterocycles. The van der Waals surface area contributed by atoms with Crippen molar-refractivity contribution in [3.8, 4) is 5.75 Å². The van der Waals surface area contributed by atoms with Crippen LogP contribution in [0.3, 0.4) is 0 Å². The number of phenolic OH excluding ortho intramolecular Hbond substituents is 1. The van der Waals surface area contributed by atoms with Crippen molar-refractivity contribution in [3.63, 3.8) is 0 Å². The van der Waals surface area contributed by atoms with E-state index in [2.05, 4.69) is 19.9 Å². The summed E-state index contributed by atoms with van der Waals surface area (Å²) in [4.78, 5) is 11.8. The van der Waals surface area contributed by atoms with E-state index in [1.54, 1.807) is 6.07 Å². The highest BCUT2D eigenvalue weighted by Gasteiger charge is 2.47. The first kappa shape index (κ1) is 16.9. The molecule has 2 nitrogen and oxygen atoms in total. The van der Waals surface area contributed by atoms with Crippen molar-refractivity contribution < 1.29 is 14.3 Å². The molecule has 3 rings (SSSR count). The van der Waals surface area contributed by atoms with Crippen LogP contribution in [0.2, 0.25) is 0 Å². The Labute approximate surface area is 144 Å². The van der Waals surface area contributed by atoms with Crippen LogP contribution in [0.1, 0.15) is 32.3 Å². The predicted molar refractivity (Wildman–Crippen MR) is 96.3 cm³/mol. The Morgan fingerprint density at radius 3 is 2.61 bits per heavy atom. The van der Waals surface area contributed by atoms with Crippen LogP contribution in [0.4, 0.5) is 4.39 Å². The van der Waals surface area contributed by atoms with Gasteiger partial charge < -0.3 is 9.90 Å². The predicted octanol–water partition coefficient (Wildman–Crippen LogP) is 4.73. The van der Waals surface area contributed by atoms with Crippen molar-refractivity contribution in [2.45, 2.75) is 30.8 Å². The molecule has 1 spiro atoms. The van der Waals surface area contributed by atoms with Gasteiger partial charge in [-0.05, 0) is 53.0 Å². The van der Waals surface area contributed by atoms with Crippen molar-refractivity contribution in [2.75, 3.05) is 11.5 Å².